The highest BCUT2D eigenvalue weighted by molar-refractivity contribution is 5.89. The second-order valence-corrected chi connectivity index (χ2v) is 5.53. The van der Waals surface area contributed by atoms with Crippen LogP contribution in [0.1, 0.15) is 18.0 Å². The summed E-state index contributed by atoms with van der Waals surface area (Å²) in [6, 6.07) is 11.7. The van der Waals surface area contributed by atoms with Crippen LogP contribution in [0.15, 0.2) is 48.8 Å². The van der Waals surface area contributed by atoms with E-state index in [2.05, 4.69) is 9.97 Å². The van der Waals surface area contributed by atoms with Crippen LogP contribution in [-0.4, -0.2) is 28.7 Å². The Hall–Kier alpha value is -2.60. The summed E-state index contributed by atoms with van der Waals surface area (Å²) < 4.78 is 27.1. The van der Waals surface area contributed by atoms with Crippen molar-refractivity contribution in [3.8, 4) is 0 Å². The van der Waals surface area contributed by atoms with E-state index in [9.17, 15) is 13.9 Å². The molecule has 0 aliphatic heterocycles. The van der Waals surface area contributed by atoms with Crippen LogP contribution in [0, 0.1) is 11.6 Å². The Labute approximate surface area is 138 Å². The number of aliphatic hydroxyl groups is 1. The van der Waals surface area contributed by atoms with E-state index in [1.807, 2.05) is 42.3 Å². The summed E-state index contributed by atoms with van der Waals surface area (Å²) in [7, 11) is 1.82. The molecule has 4 nitrogen and oxygen atoms in total. The van der Waals surface area contributed by atoms with Gasteiger partial charge in [-0.3, -0.25) is 0 Å². The zero-order valence-corrected chi connectivity index (χ0v) is 13.2. The van der Waals surface area contributed by atoms with Crippen molar-refractivity contribution in [2.75, 3.05) is 18.6 Å². The molecular weight excluding hydrogens is 312 g/mol. The third-order valence-electron chi connectivity index (χ3n) is 4.04. The molecule has 1 unspecified atom stereocenters. The van der Waals surface area contributed by atoms with Crippen molar-refractivity contribution < 1.29 is 13.9 Å². The zero-order valence-electron chi connectivity index (χ0n) is 13.2. The van der Waals surface area contributed by atoms with Crippen molar-refractivity contribution in [3.05, 3.63) is 66.0 Å². The lowest BCUT2D eigenvalue weighted by atomic mass is 10.0. The minimum absolute atomic E-state index is 0.00406. The van der Waals surface area contributed by atoms with Crippen LogP contribution < -0.4 is 4.90 Å². The van der Waals surface area contributed by atoms with Crippen LogP contribution in [0.3, 0.4) is 0 Å². The number of benzene rings is 2. The smallest absolute Gasteiger partial charge is 0.161 e. The van der Waals surface area contributed by atoms with Crippen molar-refractivity contribution in [1.29, 1.82) is 0 Å². The third kappa shape index (κ3) is 3.05. The number of hydrogen-bond donors (Lipinski definition) is 1. The Morgan fingerprint density at radius 1 is 1.08 bits per heavy atom. The Morgan fingerprint density at radius 2 is 1.79 bits per heavy atom. The van der Waals surface area contributed by atoms with Gasteiger partial charge < -0.3 is 10.0 Å². The van der Waals surface area contributed by atoms with Gasteiger partial charge in [0.1, 0.15) is 12.1 Å². The molecule has 0 fully saturated rings. The molecule has 0 spiro atoms. The predicted molar refractivity (Wildman–Crippen MR) is 88.7 cm³/mol. The minimum Gasteiger partial charge on any atom is -0.396 e. The van der Waals surface area contributed by atoms with Crippen LogP contribution in [0.2, 0.25) is 0 Å². The van der Waals surface area contributed by atoms with E-state index in [1.165, 1.54) is 6.33 Å². The van der Waals surface area contributed by atoms with Crippen molar-refractivity contribution in [2.45, 2.75) is 12.5 Å². The largest absolute Gasteiger partial charge is 0.396 e. The molecule has 2 aromatic carbocycles. The van der Waals surface area contributed by atoms with E-state index in [-0.39, 0.29) is 12.6 Å². The Morgan fingerprint density at radius 3 is 2.50 bits per heavy atom. The Balaban J connectivity index is 2.09. The highest BCUT2D eigenvalue weighted by Gasteiger charge is 2.21. The van der Waals surface area contributed by atoms with E-state index < -0.39 is 11.6 Å². The quantitative estimate of drug-likeness (QED) is 0.779. The molecule has 3 aromatic rings. The van der Waals surface area contributed by atoms with E-state index in [0.717, 1.165) is 17.7 Å². The fraction of sp³-hybridized carbons (Fsp3) is 0.222. The fourth-order valence-electron chi connectivity index (χ4n) is 2.85. The van der Waals surface area contributed by atoms with Crippen molar-refractivity contribution in [1.82, 2.24) is 9.97 Å². The molecule has 24 heavy (non-hydrogen) atoms. The Kier molecular flexibility index (Phi) is 4.66. The van der Waals surface area contributed by atoms with Gasteiger partial charge in [0.15, 0.2) is 11.6 Å². The maximum atomic E-state index is 13.7. The van der Waals surface area contributed by atoms with Gasteiger partial charge in [0.2, 0.25) is 0 Å². The van der Waals surface area contributed by atoms with Gasteiger partial charge in [-0.15, -0.1) is 0 Å². The lowest BCUT2D eigenvalue weighted by Crippen LogP contribution is -2.26. The number of anilines is 1. The molecule has 1 heterocycles. The van der Waals surface area contributed by atoms with Crippen molar-refractivity contribution in [2.24, 2.45) is 0 Å². The second kappa shape index (κ2) is 6.88. The predicted octanol–water partition coefficient (Wildman–Crippen LogP) is 3.47. The van der Waals surface area contributed by atoms with Gasteiger partial charge in [-0.1, -0.05) is 30.3 Å². The normalized spacial score (nSPS) is 12.3. The van der Waals surface area contributed by atoms with Gasteiger partial charge >= 0.3 is 0 Å². The first-order valence-corrected chi connectivity index (χ1v) is 7.60. The molecule has 0 amide bonds. The lowest BCUT2D eigenvalue weighted by molar-refractivity contribution is 0.274. The standard InChI is InChI=1S/C18H17F2N3O/c1-23(17(7-8-24)12-5-3-2-4-6-12)18-13-9-14(19)15(20)10-16(13)21-11-22-18/h2-6,9-11,17,24H,7-8H2,1H3. The molecule has 0 saturated heterocycles. The fourth-order valence-corrected chi connectivity index (χ4v) is 2.85. The summed E-state index contributed by atoms with van der Waals surface area (Å²) in [5, 5.41) is 9.85. The summed E-state index contributed by atoms with van der Waals surface area (Å²) in [4.78, 5) is 10.1. The van der Waals surface area contributed by atoms with Crippen LogP contribution in [0.5, 0.6) is 0 Å². The SMILES string of the molecule is CN(c1ncnc2cc(F)c(F)cc12)C(CCO)c1ccccc1. The van der Waals surface area contributed by atoms with Gasteiger partial charge in [-0.05, 0) is 18.1 Å². The number of nitrogens with zero attached hydrogens (tertiary/aromatic N) is 3. The zero-order chi connectivity index (χ0) is 17.1. The highest BCUT2D eigenvalue weighted by atomic mass is 19.2. The minimum atomic E-state index is -0.940. The Bertz CT molecular complexity index is 842. The molecule has 0 saturated carbocycles. The third-order valence-corrected chi connectivity index (χ3v) is 4.04. The van der Waals surface area contributed by atoms with Crippen molar-refractivity contribution in [3.63, 3.8) is 0 Å². The number of hydrogen-bond acceptors (Lipinski definition) is 4. The maximum Gasteiger partial charge on any atom is 0.161 e. The molecule has 1 aromatic heterocycles. The molecule has 6 heteroatoms. The number of halogens is 2. The lowest BCUT2D eigenvalue weighted by Gasteiger charge is -2.30. The van der Waals surface area contributed by atoms with Gasteiger partial charge in [-0.25, -0.2) is 18.7 Å². The molecule has 124 valence electrons. The average molecular weight is 329 g/mol. The summed E-state index contributed by atoms with van der Waals surface area (Å²) in [5.74, 6) is -1.39. The summed E-state index contributed by atoms with van der Waals surface area (Å²) in [6.07, 6.45) is 1.81. The van der Waals surface area contributed by atoms with E-state index in [1.54, 1.807) is 0 Å². The average Bonchev–Trinajstić information content (AvgIpc) is 2.60. The molecule has 1 atom stereocenters. The van der Waals surface area contributed by atoms with Crippen molar-refractivity contribution >= 4 is 16.7 Å². The number of aromatic nitrogens is 2. The highest BCUT2D eigenvalue weighted by Crippen LogP contribution is 2.31. The van der Waals surface area contributed by atoms with E-state index in [4.69, 9.17) is 0 Å². The summed E-state index contributed by atoms with van der Waals surface area (Å²) in [5.41, 5.74) is 1.34. The van der Waals surface area contributed by atoms with Gasteiger partial charge in [-0.2, -0.15) is 0 Å². The topological polar surface area (TPSA) is 49.2 Å². The van der Waals surface area contributed by atoms with Gasteiger partial charge in [0.05, 0.1) is 11.6 Å². The number of rotatable bonds is 5. The van der Waals surface area contributed by atoms with E-state index >= 15 is 0 Å². The molecule has 0 aliphatic rings. The first-order chi connectivity index (χ1) is 11.6. The molecule has 1 N–H and O–H groups in total. The molecule has 0 aliphatic carbocycles. The van der Waals surface area contributed by atoms with Gasteiger partial charge in [0.25, 0.3) is 0 Å². The van der Waals surface area contributed by atoms with Crippen LogP contribution >= 0.6 is 0 Å². The van der Waals surface area contributed by atoms with Gasteiger partial charge in [0, 0.05) is 25.1 Å². The van der Waals surface area contributed by atoms with E-state index in [0.29, 0.717) is 23.1 Å². The van der Waals surface area contributed by atoms with Crippen LogP contribution in [0.4, 0.5) is 14.6 Å². The monoisotopic (exact) mass is 329 g/mol. The number of aliphatic hydroxyl groups excluding tert-OH is 1. The molecule has 0 radical (unpaired) electrons. The molecular formula is C18H17F2N3O. The van der Waals surface area contributed by atoms with Crippen LogP contribution in [0.25, 0.3) is 10.9 Å². The summed E-state index contributed by atoms with van der Waals surface area (Å²) in [6.45, 7) is -0.00406. The molecule has 0 bridgehead atoms. The summed E-state index contributed by atoms with van der Waals surface area (Å²) >= 11 is 0. The maximum absolute atomic E-state index is 13.7. The van der Waals surface area contributed by atoms with Crippen LogP contribution in [-0.2, 0) is 0 Å². The first-order valence-electron chi connectivity index (χ1n) is 7.60. The number of fused-ring (bicyclic) bond motifs is 1. The second-order valence-electron chi connectivity index (χ2n) is 5.53. The molecule has 3 rings (SSSR count). The first kappa shape index (κ1) is 16.3.